The van der Waals surface area contributed by atoms with Crippen molar-refractivity contribution >= 4 is 27.3 Å². The van der Waals surface area contributed by atoms with Crippen LogP contribution in [0.2, 0.25) is 0 Å². The van der Waals surface area contributed by atoms with Gasteiger partial charge in [0.15, 0.2) is 0 Å². The summed E-state index contributed by atoms with van der Waals surface area (Å²) in [5, 5.41) is 0. The maximum atomic E-state index is 13.4. The van der Waals surface area contributed by atoms with Crippen molar-refractivity contribution in [2.24, 2.45) is 0 Å². The van der Waals surface area contributed by atoms with Crippen LogP contribution in [0.25, 0.3) is 5.65 Å². The lowest BCUT2D eigenvalue weighted by Gasteiger charge is -2.24. The first-order chi connectivity index (χ1) is 15.4. The SMILES string of the molecule is C[C@H]1Cc2ccccc2N1S(=O)(=O)c1cccc(C(=O)OCc2cn3ccccc3n2)c1. The first-order valence-electron chi connectivity index (χ1n) is 10.3. The average Bonchev–Trinajstić information content (AvgIpc) is 3.37. The minimum absolute atomic E-state index is 0.00593. The molecule has 5 rings (SSSR count). The number of esters is 1. The molecule has 0 aliphatic carbocycles. The number of ether oxygens (including phenoxy) is 1. The number of anilines is 1. The summed E-state index contributed by atoms with van der Waals surface area (Å²) in [6, 6.07) is 18.9. The van der Waals surface area contributed by atoms with Gasteiger partial charge in [-0.3, -0.25) is 4.31 Å². The molecule has 1 atom stereocenters. The number of nitrogens with zero attached hydrogens (tertiary/aromatic N) is 3. The van der Waals surface area contributed by atoms with Crippen molar-refractivity contribution in [3.63, 3.8) is 0 Å². The van der Waals surface area contributed by atoms with E-state index in [0.717, 1.165) is 11.2 Å². The van der Waals surface area contributed by atoms with Gasteiger partial charge in [-0.1, -0.05) is 30.3 Å². The van der Waals surface area contributed by atoms with Gasteiger partial charge in [-0.25, -0.2) is 18.2 Å². The van der Waals surface area contributed by atoms with Crippen molar-refractivity contribution in [3.05, 3.63) is 95.9 Å². The van der Waals surface area contributed by atoms with E-state index in [2.05, 4.69) is 4.98 Å². The maximum absolute atomic E-state index is 13.4. The number of rotatable bonds is 5. The zero-order valence-electron chi connectivity index (χ0n) is 17.4. The van der Waals surface area contributed by atoms with Gasteiger partial charge in [0.05, 0.1) is 21.8 Å². The lowest BCUT2D eigenvalue weighted by Crippen LogP contribution is -2.35. The summed E-state index contributed by atoms with van der Waals surface area (Å²) < 4.78 is 35.5. The predicted octanol–water partition coefficient (Wildman–Crippen LogP) is 3.83. The Labute approximate surface area is 185 Å². The highest BCUT2D eigenvalue weighted by atomic mass is 32.2. The zero-order valence-corrected chi connectivity index (χ0v) is 18.2. The molecule has 0 unspecified atom stereocenters. The van der Waals surface area contributed by atoms with Gasteiger partial charge in [-0.05, 0) is 55.3 Å². The van der Waals surface area contributed by atoms with Crippen LogP contribution in [-0.2, 0) is 27.8 Å². The van der Waals surface area contributed by atoms with E-state index in [9.17, 15) is 13.2 Å². The smallest absolute Gasteiger partial charge is 0.338 e. The highest BCUT2D eigenvalue weighted by Gasteiger charge is 2.36. The molecule has 1 aliphatic heterocycles. The molecule has 0 spiro atoms. The van der Waals surface area contributed by atoms with Crippen LogP contribution >= 0.6 is 0 Å². The molecule has 0 saturated carbocycles. The number of pyridine rings is 1. The second-order valence-corrected chi connectivity index (χ2v) is 9.60. The van der Waals surface area contributed by atoms with Crippen LogP contribution in [0.5, 0.6) is 0 Å². The first kappa shape index (κ1) is 20.3. The van der Waals surface area contributed by atoms with Gasteiger partial charge in [0, 0.05) is 18.4 Å². The maximum Gasteiger partial charge on any atom is 0.338 e. The summed E-state index contributed by atoms with van der Waals surface area (Å²) in [4.78, 5) is 17.1. The standard InChI is InChI=1S/C24H21N3O4S/c1-17-13-18-7-2-3-10-22(18)27(17)32(29,30)21-9-6-8-19(14-21)24(28)31-16-20-15-26-12-5-4-11-23(26)25-20/h2-12,14-15,17H,13,16H2,1H3/t17-/m0/s1. The quantitative estimate of drug-likeness (QED) is 0.435. The Kier molecular flexibility index (Phi) is 4.94. The van der Waals surface area contributed by atoms with Gasteiger partial charge >= 0.3 is 5.97 Å². The molecule has 7 nitrogen and oxygen atoms in total. The predicted molar refractivity (Wildman–Crippen MR) is 120 cm³/mol. The molecule has 0 saturated heterocycles. The van der Waals surface area contributed by atoms with Crippen molar-refractivity contribution in [1.82, 2.24) is 9.38 Å². The second-order valence-electron chi connectivity index (χ2n) is 7.79. The Balaban J connectivity index is 1.37. The van der Waals surface area contributed by atoms with Crippen LogP contribution in [0.15, 0.2) is 84.0 Å². The highest BCUT2D eigenvalue weighted by molar-refractivity contribution is 7.92. The first-order valence-corrected chi connectivity index (χ1v) is 11.7. The molecule has 8 heteroatoms. The van der Waals surface area contributed by atoms with Gasteiger partial charge in [-0.2, -0.15) is 0 Å². The lowest BCUT2D eigenvalue weighted by atomic mass is 10.1. The Bertz CT molecular complexity index is 1390. The second kappa shape index (κ2) is 7.80. The summed E-state index contributed by atoms with van der Waals surface area (Å²) in [7, 11) is -3.83. The van der Waals surface area contributed by atoms with Gasteiger partial charge in [0.1, 0.15) is 12.3 Å². The van der Waals surface area contributed by atoms with Gasteiger partial charge in [0.2, 0.25) is 0 Å². The van der Waals surface area contributed by atoms with Crippen LogP contribution in [-0.4, -0.2) is 29.8 Å². The van der Waals surface area contributed by atoms with Crippen LogP contribution in [0.3, 0.4) is 0 Å². The van der Waals surface area contributed by atoms with Crippen LogP contribution in [0.1, 0.15) is 28.5 Å². The van der Waals surface area contributed by atoms with Gasteiger partial charge in [-0.15, -0.1) is 0 Å². The summed E-state index contributed by atoms with van der Waals surface area (Å²) in [6.45, 7) is 1.87. The Morgan fingerprint density at radius 3 is 2.75 bits per heavy atom. The number of benzene rings is 2. The topological polar surface area (TPSA) is 81.0 Å². The molecule has 32 heavy (non-hydrogen) atoms. The fraction of sp³-hybridized carbons (Fsp3) is 0.167. The van der Waals surface area contributed by atoms with Gasteiger partial charge in [0.25, 0.3) is 10.0 Å². The number of carbonyl (C=O) groups excluding carboxylic acids is 1. The number of hydrogen-bond acceptors (Lipinski definition) is 5. The van der Waals surface area contributed by atoms with E-state index in [-0.39, 0.29) is 23.1 Å². The van der Waals surface area contributed by atoms with E-state index in [1.54, 1.807) is 18.3 Å². The summed E-state index contributed by atoms with van der Waals surface area (Å²) >= 11 is 0. The number of hydrogen-bond donors (Lipinski definition) is 0. The highest BCUT2D eigenvalue weighted by Crippen LogP contribution is 2.36. The molecule has 1 aliphatic rings. The third-order valence-electron chi connectivity index (χ3n) is 5.54. The summed E-state index contributed by atoms with van der Waals surface area (Å²) in [6.07, 6.45) is 4.30. The number of carbonyl (C=O) groups is 1. The molecule has 0 amide bonds. The average molecular weight is 448 g/mol. The molecule has 0 radical (unpaired) electrons. The van der Waals surface area contributed by atoms with E-state index < -0.39 is 16.0 Å². The molecule has 3 heterocycles. The number of imidazole rings is 1. The van der Waals surface area contributed by atoms with E-state index >= 15 is 0 Å². The van der Waals surface area contributed by atoms with Gasteiger partial charge < -0.3 is 9.14 Å². The lowest BCUT2D eigenvalue weighted by molar-refractivity contribution is 0.0468. The molecule has 2 aromatic heterocycles. The summed E-state index contributed by atoms with van der Waals surface area (Å²) in [5.74, 6) is -0.603. The molecular weight excluding hydrogens is 426 g/mol. The number of para-hydroxylation sites is 1. The number of fused-ring (bicyclic) bond motifs is 2. The monoisotopic (exact) mass is 447 g/mol. The minimum Gasteiger partial charge on any atom is -0.456 e. The van der Waals surface area contributed by atoms with Crippen molar-refractivity contribution in [2.45, 2.75) is 30.9 Å². The van der Waals surface area contributed by atoms with Crippen molar-refractivity contribution in [3.8, 4) is 0 Å². The van der Waals surface area contributed by atoms with Crippen LogP contribution in [0.4, 0.5) is 5.69 Å². The van der Waals surface area contributed by atoms with Crippen LogP contribution < -0.4 is 4.31 Å². The fourth-order valence-electron chi connectivity index (χ4n) is 4.08. The normalized spacial score (nSPS) is 15.7. The van der Waals surface area contributed by atoms with E-state index in [4.69, 9.17) is 4.74 Å². The molecule has 0 fully saturated rings. The third kappa shape index (κ3) is 3.52. The van der Waals surface area contributed by atoms with E-state index in [1.807, 2.05) is 60.0 Å². The largest absolute Gasteiger partial charge is 0.456 e. The fourth-order valence-corrected chi connectivity index (χ4v) is 5.82. The summed E-state index contributed by atoms with van der Waals surface area (Å²) in [5.41, 5.74) is 3.21. The minimum atomic E-state index is -3.83. The number of aromatic nitrogens is 2. The van der Waals surface area contributed by atoms with Crippen molar-refractivity contribution < 1.29 is 17.9 Å². The van der Waals surface area contributed by atoms with E-state index in [0.29, 0.717) is 17.8 Å². The van der Waals surface area contributed by atoms with Crippen LogP contribution in [0, 0.1) is 0 Å². The molecule has 162 valence electrons. The van der Waals surface area contributed by atoms with Crippen molar-refractivity contribution in [1.29, 1.82) is 0 Å². The molecule has 4 aromatic rings. The number of sulfonamides is 1. The molecular formula is C24H21N3O4S. The Hall–Kier alpha value is -3.65. The molecule has 2 aromatic carbocycles. The van der Waals surface area contributed by atoms with E-state index in [1.165, 1.54) is 16.4 Å². The molecule has 0 bridgehead atoms. The Morgan fingerprint density at radius 2 is 1.91 bits per heavy atom. The molecule has 0 N–H and O–H groups in total. The van der Waals surface area contributed by atoms with Crippen molar-refractivity contribution in [2.75, 3.05) is 4.31 Å². The third-order valence-corrected chi connectivity index (χ3v) is 7.46. The zero-order chi connectivity index (χ0) is 22.3. The Morgan fingerprint density at radius 1 is 1.09 bits per heavy atom.